The number of benzene rings is 2. The number of ether oxygens (including phenoxy) is 2. The van der Waals surface area contributed by atoms with Crippen LogP contribution < -0.4 is 9.47 Å². The van der Waals surface area contributed by atoms with Crippen molar-refractivity contribution in [3.05, 3.63) is 58.9 Å². The lowest BCUT2D eigenvalue weighted by Crippen LogP contribution is -2.45. The van der Waals surface area contributed by atoms with Crippen LogP contribution in [0.5, 0.6) is 11.5 Å². The lowest BCUT2D eigenvalue weighted by Gasteiger charge is -2.44. The van der Waals surface area contributed by atoms with Crippen LogP contribution in [0.15, 0.2) is 36.4 Å². The van der Waals surface area contributed by atoms with Gasteiger partial charge in [-0.3, -0.25) is 4.90 Å². The van der Waals surface area contributed by atoms with Gasteiger partial charge in [-0.05, 0) is 50.6 Å². The van der Waals surface area contributed by atoms with Gasteiger partial charge in [0.05, 0.1) is 0 Å². The van der Waals surface area contributed by atoms with E-state index >= 15 is 4.39 Å². The van der Waals surface area contributed by atoms with Gasteiger partial charge in [-0.25, -0.2) is 4.39 Å². The van der Waals surface area contributed by atoms with Gasteiger partial charge in [0.25, 0.3) is 0 Å². The summed E-state index contributed by atoms with van der Waals surface area (Å²) in [6.45, 7) is 4.39. The van der Waals surface area contributed by atoms with Crippen molar-refractivity contribution in [1.29, 1.82) is 0 Å². The molecule has 0 saturated carbocycles. The highest BCUT2D eigenvalue weighted by atomic mass is 19.1. The van der Waals surface area contributed by atoms with E-state index in [0.717, 1.165) is 55.6 Å². The van der Waals surface area contributed by atoms with E-state index in [2.05, 4.69) is 42.2 Å². The van der Waals surface area contributed by atoms with Gasteiger partial charge >= 0.3 is 0 Å². The van der Waals surface area contributed by atoms with Crippen LogP contribution in [0, 0.1) is 5.82 Å². The molecule has 0 amide bonds. The van der Waals surface area contributed by atoms with Gasteiger partial charge in [-0.15, -0.1) is 0 Å². The average Bonchev–Trinajstić information content (AvgIpc) is 3.32. The normalized spacial score (nSPS) is 27.5. The molecule has 2 unspecified atom stereocenters. The Morgan fingerprint density at radius 3 is 2.88 bits per heavy atom. The minimum Gasteiger partial charge on any atom is -0.453 e. The smallest absolute Gasteiger partial charge is 0.231 e. The first kappa shape index (κ1) is 16.1. The van der Waals surface area contributed by atoms with E-state index in [0.29, 0.717) is 11.7 Å². The number of halogens is 1. The van der Waals surface area contributed by atoms with Crippen molar-refractivity contribution in [3.63, 3.8) is 0 Å². The SMILES string of the molecule is CC1(N2CCC(c3ccccc3)C2)CCCc2c3c(cc(F)c21)OCO3. The summed E-state index contributed by atoms with van der Waals surface area (Å²) in [4.78, 5) is 2.49. The number of nitrogens with zero attached hydrogens (tertiary/aromatic N) is 1. The maximum absolute atomic E-state index is 15.1. The molecule has 1 saturated heterocycles. The minimum atomic E-state index is -0.276. The van der Waals surface area contributed by atoms with E-state index in [1.165, 1.54) is 11.6 Å². The molecule has 2 heterocycles. The lowest BCUT2D eigenvalue weighted by molar-refractivity contribution is 0.106. The molecule has 2 aromatic rings. The van der Waals surface area contributed by atoms with Crippen LogP contribution in [-0.2, 0) is 12.0 Å². The van der Waals surface area contributed by atoms with E-state index in [1.807, 2.05) is 0 Å². The number of rotatable bonds is 2. The van der Waals surface area contributed by atoms with Gasteiger partial charge in [0.1, 0.15) is 5.82 Å². The third kappa shape index (κ3) is 2.35. The summed E-state index contributed by atoms with van der Waals surface area (Å²) in [6, 6.07) is 12.2. The molecule has 0 radical (unpaired) electrons. The second kappa shape index (κ2) is 5.98. The molecule has 0 N–H and O–H groups in total. The first-order valence-electron chi connectivity index (χ1n) is 9.58. The number of likely N-dealkylation sites (tertiary alicyclic amines) is 1. The molecule has 3 aliphatic rings. The summed E-state index contributed by atoms with van der Waals surface area (Å²) in [5.74, 6) is 1.71. The first-order valence-corrected chi connectivity index (χ1v) is 9.58. The third-order valence-electron chi connectivity index (χ3n) is 6.50. The quantitative estimate of drug-likeness (QED) is 0.788. The highest BCUT2D eigenvalue weighted by molar-refractivity contribution is 5.55. The fraction of sp³-hybridized carbons (Fsp3) is 0.455. The fourth-order valence-corrected chi connectivity index (χ4v) is 5.15. The van der Waals surface area contributed by atoms with Crippen LogP contribution in [0.3, 0.4) is 0 Å². The molecule has 5 rings (SSSR count). The maximum Gasteiger partial charge on any atom is 0.231 e. The summed E-state index contributed by atoms with van der Waals surface area (Å²) < 4.78 is 26.3. The zero-order chi connectivity index (χ0) is 17.7. The Balaban J connectivity index is 1.51. The van der Waals surface area contributed by atoms with Crippen molar-refractivity contribution in [2.24, 2.45) is 0 Å². The second-order valence-corrected chi connectivity index (χ2v) is 7.92. The van der Waals surface area contributed by atoms with Crippen LogP contribution >= 0.6 is 0 Å². The van der Waals surface area contributed by atoms with Crippen LogP contribution in [0.25, 0.3) is 0 Å². The van der Waals surface area contributed by atoms with Crippen LogP contribution in [-0.4, -0.2) is 24.8 Å². The summed E-state index contributed by atoms with van der Waals surface area (Å²) in [7, 11) is 0. The van der Waals surface area contributed by atoms with Crippen LogP contribution in [0.1, 0.15) is 48.8 Å². The van der Waals surface area contributed by atoms with Gasteiger partial charge in [0.2, 0.25) is 6.79 Å². The fourth-order valence-electron chi connectivity index (χ4n) is 5.15. The van der Waals surface area contributed by atoms with Crippen LogP contribution in [0.4, 0.5) is 4.39 Å². The van der Waals surface area contributed by atoms with Gasteiger partial charge in [0, 0.05) is 29.3 Å². The number of hydrogen-bond donors (Lipinski definition) is 0. The summed E-state index contributed by atoms with van der Waals surface area (Å²) in [5, 5.41) is 0. The molecule has 2 aromatic carbocycles. The van der Waals surface area contributed by atoms with Gasteiger partial charge in [-0.1, -0.05) is 30.3 Å². The minimum absolute atomic E-state index is 0.144. The predicted molar refractivity (Wildman–Crippen MR) is 98.2 cm³/mol. The highest BCUT2D eigenvalue weighted by Crippen LogP contribution is 2.50. The van der Waals surface area contributed by atoms with E-state index in [9.17, 15) is 0 Å². The van der Waals surface area contributed by atoms with Crippen molar-refractivity contribution in [2.45, 2.75) is 44.1 Å². The second-order valence-electron chi connectivity index (χ2n) is 7.92. The zero-order valence-corrected chi connectivity index (χ0v) is 15.1. The highest BCUT2D eigenvalue weighted by Gasteiger charge is 2.45. The molecule has 136 valence electrons. The van der Waals surface area contributed by atoms with Crippen molar-refractivity contribution < 1.29 is 13.9 Å². The molecule has 2 atom stereocenters. The Morgan fingerprint density at radius 1 is 1.19 bits per heavy atom. The molecule has 26 heavy (non-hydrogen) atoms. The Bertz CT molecular complexity index is 838. The van der Waals surface area contributed by atoms with E-state index < -0.39 is 0 Å². The van der Waals surface area contributed by atoms with Crippen molar-refractivity contribution in [2.75, 3.05) is 19.9 Å². The van der Waals surface area contributed by atoms with E-state index in [1.54, 1.807) is 0 Å². The van der Waals surface area contributed by atoms with Gasteiger partial charge in [-0.2, -0.15) is 0 Å². The maximum atomic E-state index is 15.1. The molecule has 1 aliphatic carbocycles. The standard InChI is InChI=1S/C22H24FNO2/c1-22(24-11-9-16(13-24)15-6-3-2-4-7-15)10-5-8-17-20(22)18(23)12-19-21(17)26-14-25-19/h2-4,6-7,12,16H,5,8-11,13-14H2,1H3. The average molecular weight is 353 g/mol. The third-order valence-corrected chi connectivity index (χ3v) is 6.50. The number of hydrogen-bond acceptors (Lipinski definition) is 3. The van der Waals surface area contributed by atoms with Crippen molar-refractivity contribution >= 4 is 0 Å². The Morgan fingerprint density at radius 2 is 2.04 bits per heavy atom. The molecule has 0 spiro atoms. The topological polar surface area (TPSA) is 21.7 Å². The van der Waals surface area contributed by atoms with E-state index in [4.69, 9.17) is 9.47 Å². The molecular weight excluding hydrogens is 329 g/mol. The summed E-state index contributed by atoms with van der Waals surface area (Å²) >= 11 is 0. The zero-order valence-electron chi connectivity index (χ0n) is 15.1. The predicted octanol–water partition coefficient (Wildman–Crippen LogP) is 4.60. The summed E-state index contributed by atoms with van der Waals surface area (Å²) in [5.41, 5.74) is 2.97. The Hall–Kier alpha value is -2.07. The molecule has 0 aromatic heterocycles. The molecule has 4 heteroatoms. The van der Waals surface area contributed by atoms with Crippen LogP contribution in [0.2, 0.25) is 0 Å². The van der Waals surface area contributed by atoms with E-state index in [-0.39, 0.29) is 18.1 Å². The van der Waals surface area contributed by atoms with Crippen molar-refractivity contribution in [1.82, 2.24) is 4.90 Å². The Kier molecular flexibility index (Phi) is 3.71. The monoisotopic (exact) mass is 353 g/mol. The molecule has 3 nitrogen and oxygen atoms in total. The molecule has 2 aliphatic heterocycles. The van der Waals surface area contributed by atoms with Crippen molar-refractivity contribution in [3.8, 4) is 11.5 Å². The first-order chi connectivity index (χ1) is 12.7. The van der Waals surface area contributed by atoms with Gasteiger partial charge in [0.15, 0.2) is 11.5 Å². The Labute approximate surface area is 153 Å². The summed E-state index contributed by atoms with van der Waals surface area (Å²) in [6.07, 6.45) is 4.03. The molecule has 0 bridgehead atoms. The number of fused-ring (bicyclic) bond motifs is 3. The van der Waals surface area contributed by atoms with Gasteiger partial charge < -0.3 is 9.47 Å². The molecular formula is C22H24FNO2. The lowest BCUT2D eigenvalue weighted by atomic mass is 9.75. The molecule has 1 fully saturated rings. The largest absolute Gasteiger partial charge is 0.453 e.